The molecule has 1 aliphatic rings. The van der Waals surface area contributed by atoms with Gasteiger partial charge in [-0.3, -0.25) is 0 Å². The molecule has 0 spiro atoms. The second-order valence-corrected chi connectivity index (χ2v) is 6.12. The van der Waals surface area contributed by atoms with Crippen molar-refractivity contribution in [1.82, 2.24) is 0 Å². The summed E-state index contributed by atoms with van der Waals surface area (Å²) in [5.41, 5.74) is 1.82. The molecular formula is C20H22ClNO. The Bertz CT molecular complexity index is 678. The van der Waals surface area contributed by atoms with Crippen molar-refractivity contribution in [2.75, 3.05) is 0 Å². The number of ether oxygens (including phenoxy) is 1. The number of benzene rings is 2. The van der Waals surface area contributed by atoms with E-state index in [1.54, 1.807) is 12.1 Å². The molecule has 2 atom stereocenters. The minimum Gasteiger partial charge on any atom is -0.490 e. The van der Waals surface area contributed by atoms with Gasteiger partial charge in [0.1, 0.15) is 17.9 Å². The normalized spacial score (nSPS) is 20.2. The Morgan fingerprint density at radius 1 is 1.04 bits per heavy atom. The SMILES string of the molecule is C.N#Cc1ccc(O[C@@H]2CCCC[C@@H]2c2ccccc2)cc1Cl. The fraction of sp³-hybridized carbons (Fsp3) is 0.350. The van der Waals surface area contributed by atoms with Gasteiger partial charge in [-0.2, -0.15) is 5.26 Å². The lowest BCUT2D eigenvalue weighted by Gasteiger charge is -2.32. The van der Waals surface area contributed by atoms with Crippen molar-refractivity contribution in [3.05, 3.63) is 64.7 Å². The lowest BCUT2D eigenvalue weighted by atomic mass is 9.81. The zero-order valence-corrected chi connectivity index (χ0v) is 13.1. The molecule has 23 heavy (non-hydrogen) atoms. The van der Waals surface area contributed by atoms with E-state index in [0.29, 0.717) is 16.5 Å². The van der Waals surface area contributed by atoms with E-state index < -0.39 is 0 Å². The summed E-state index contributed by atoms with van der Waals surface area (Å²) in [5, 5.41) is 9.40. The molecule has 2 aromatic carbocycles. The third-order valence-corrected chi connectivity index (χ3v) is 4.59. The molecule has 3 heteroatoms. The van der Waals surface area contributed by atoms with Gasteiger partial charge in [-0.15, -0.1) is 0 Å². The fourth-order valence-electron chi connectivity index (χ4n) is 3.15. The Morgan fingerprint density at radius 2 is 1.78 bits per heavy atom. The first-order valence-electron chi connectivity index (χ1n) is 7.69. The summed E-state index contributed by atoms with van der Waals surface area (Å²) < 4.78 is 6.21. The van der Waals surface area contributed by atoms with Gasteiger partial charge in [0, 0.05) is 12.0 Å². The van der Waals surface area contributed by atoms with Gasteiger partial charge in [-0.25, -0.2) is 0 Å². The van der Waals surface area contributed by atoms with Crippen LogP contribution >= 0.6 is 11.6 Å². The van der Waals surface area contributed by atoms with Gasteiger partial charge >= 0.3 is 0 Å². The van der Waals surface area contributed by atoms with E-state index >= 15 is 0 Å². The molecule has 0 saturated heterocycles. The fourth-order valence-corrected chi connectivity index (χ4v) is 3.37. The molecule has 1 fully saturated rings. The van der Waals surface area contributed by atoms with E-state index in [0.717, 1.165) is 18.6 Å². The van der Waals surface area contributed by atoms with Gasteiger partial charge < -0.3 is 4.74 Å². The van der Waals surface area contributed by atoms with Crippen LogP contribution in [0.1, 0.15) is 50.2 Å². The van der Waals surface area contributed by atoms with Crippen LogP contribution in [0.15, 0.2) is 48.5 Å². The molecule has 3 rings (SSSR count). The first kappa shape index (κ1) is 17.4. The maximum absolute atomic E-state index is 8.95. The van der Waals surface area contributed by atoms with Crippen molar-refractivity contribution in [1.29, 1.82) is 5.26 Å². The molecule has 0 unspecified atom stereocenters. The summed E-state index contributed by atoms with van der Waals surface area (Å²) in [6.07, 6.45) is 4.81. The largest absolute Gasteiger partial charge is 0.490 e. The predicted octanol–water partition coefficient (Wildman–Crippen LogP) is 5.95. The van der Waals surface area contributed by atoms with Crippen LogP contribution in [0.25, 0.3) is 0 Å². The van der Waals surface area contributed by atoms with Crippen LogP contribution in [0, 0.1) is 11.3 Å². The standard InChI is InChI=1S/C19H18ClNO.CH4/c20-18-12-16(11-10-15(18)13-21)22-19-9-5-4-8-17(19)14-6-2-1-3-7-14;/h1-3,6-7,10-12,17,19H,4-5,8-9H2;1H4/t17-,19-;/m1./s1. The number of nitrogens with zero attached hydrogens (tertiary/aromatic N) is 1. The second kappa shape index (κ2) is 8.04. The van der Waals surface area contributed by atoms with E-state index in [1.807, 2.05) is 12.1 Å². The maximum atomic E-state index is 8.95. The smallest absolute Gasteiger partial charge is 0.121 e. The monoisotopic (exact) mass is 327 g/mol. The summed E-state index contributed by atoms with van der Waals surface area (Å²) >= 11 is 6.10. The molecule has 2 aromatic rings. The summed E-state index contributed by atoms with van der Waals surface area (Å²) in [6, 6.07) is 17.9. The lowest BCUT2D eigenvalue weighted by Crippen LogP contribution is -2.28. The van der Waals surface area contributed by atoms with Crippen LogP contribution in [0.3, 0.4) is 0 Å². The van der Waals surface area contributed by atoms with E-state index in [-0.39, 0.29) is 13.5 Å². The van der Waals surface area contributed by atoms with Crippen LogP contribution in [0.4, 0.5) is 0 Å². The number of hydrogen-bond acceptors (Lipinski definition) is 2. The molecule has 1 saturated carbocycles. The Kier molecular flexibility index (Phi) is 6.07. The van der Waals surface area contributed by atoms with Gasteiger partial charge in [0.05, 0.1) is 10.6 Å². The Balaban J connectivity index is 0.00000192. The highest BCUT2D eigenvalue weighted by atomic mass is 35.5. The van der Waals surface area contributed by atoms with Crippen LogP contribution < -0.4 is 4.74 Å². The zero-order valence-electron chi connectivity index (χ0n) is 12.3. The molecule has 0 aromatic heterocycles. The highest BCUT2D eigenvalue weighted by Crippen LogP contribution is 2.36. The minimum atomic E-state index is 0. The molecule has 1 aliphatic carbocycles. The highest BCUT2D eigenvalue weighted by molar-refractivity contribution is 6.31. The van der Waals surface area contributed by atoms with E-state index in [9.17, 15) is 0 Å². The molecule has 0 N–H and O–H groups in total. The molecule has 0 heterocycles. The number of hydrogen-bond donors (Lipinski definition) is 0. The van der Waals surface area contributed by atoms with E-state index in [2.05, 4.69) is 30.3 Å². The molecule has 0 bridgehead atoms. The molecule has 120 valence electrons. The highest BCUT2D eigenvalue weighted by Gasteiger charge is 2.28. The van der Waals surface area contributed by atoms with Crippen molar-refractivity contribution in [3.63, 3.8) is 0 Å². The van der Waals surface area contributed by atoms with Crippen molar-refractivity contribution in [2.45, 2.75) is 45.1 Å². The van der Waals surface area contributed by atoms with Gasteiger partial charge in [-0.05, 0) is 37.0 Å². The Labute approximate surface area is 143 Å². The maximum Gasteiger partial charge on any atom is 0.121 e. The first-order valence-corrected chi connectivity index (χ1v) is 8.07. The third-order valence-electron chi connectivity index (χ3n) is 4.28. The summed E-state index contributed by atoms with van der Waals surface area (Å²) in [4.78, 5) is 0. The number of nitriles is 1. The van der Waals surface area contributed by atoms with Crippen molar-refractivity contribution in [3.8, 4) is 11.8 Å². The Morgan fingerprint density at radius 3 is 2.48 bits per heavy atom. The van der Waals surface area contributed by atoms with Gasteiger partial charge in [-0.1, -0.05) is 55.8 Å². The molecule has 0 aliphatic heterocycles. The summed E-state index contributed by atoms with van der Waals surface area (Å²) in [7, 11) is 0. The molecular weight excluding hydrogens is 306 g/mol. The van der Waals surface area contributed by atoms with Crippen LogP contribution in [-0.2, 0) is 0 Å². The average Bonchev–Trinajstić information content (AvgIpc) is 2.56. The summed E-state index contributed by atoms with van der Waals surface area (Å²) in [6.45, 7) is 0. The third kappa shape index (κ3) is 4.06. The molecule has 0 radical (unpaired) electrons. The van der Waals surface area contributed by atoms with Gasteiger partial charge in [0.25, 0.3) is 0 Å². The van der Waals surface area contributed by atoms with Crippen LogP contribution in [-0.4, -0.2) is 6.10 Å². The van der Waals surface area contributed by atoms with E-state index in [4.69, 9.17) is 21.6 Å². The van der Waals surface area contributed by atoms with Crippen molar-refractivity contribution >= 4 is 11.6 Å². The molecule has 0 amide bonds. The number of rotatable bonds is 3. The van der Waals surface area contributed by atoms with E-state index in [1.165, 1.54) is 18.4 Å². The topological polar surface area (TPSA) is 33.0 Å². The first-order chi connectivity index (χ1) is 10.8. The van der Waals surface area contributed by atoms with Gasteiger partial charge in [0.15, 0.2) is 0 Å². The van der Waals surface area contributed by atoms with Crippen molar-refractivity contribution in [2.24, 2.45) is 0 Å². The second-order valence-electron chi connectivity index (χ2n) is 5.71. The quantitative estimate of drug-likeness (QED) is 0.697. The number of halogens is 1. The molecule has 2 nitrogen and oxygen atoms in total. The summed E-state index contributed by atoms with van der Waals surface area (Å²) in [5.74, 6) is 1.17. The lowest BCUT2D eigenvalue weighted by molar-refractivity contribution is 0.130. The van der Waals surface area contributed by atoms with Crippen LogP contribution in [0.5, 0.6) is 5.75 Å². The Hall–Kier alpha value is -1.98. The van der Waals surface area contributed by atoms with Crippen LogP contribution in [0.2, 0.25) is 5.02 Å². The van der Waals surface area contributed by atoms with Crippen molar-refractivity contribution < 1.29 is 4.74 Å². The average molecular weight is 328 g/mol. The zero-order chi connectivity index (χ0) is 15.4. The predicted molar refractivity (Wildman–Crippen MR) is 95.0 cm³/mol. The van der Waals surface area contributed by atoms with Gasteiger partial charge in [0.2, 0.25) is 0 Å². The minimum absolute atomic E-state index is 0.